The summed E-state index contributed by atoms with van der Waals surface area (Å²) < 4.78 is 9.23. The van der Waals surface area contributed by atoms with E-state index in [1.807, 2.05) is 41.8 Å². The van der Waals surface area contributed by atoms with Crippen LogP contribution in [0.1, 0.15) is 11.3 Å². The predicted molar refractivity (Wildman–Crippen MR) is 142 cm³/mol. The van der Waals surface area contributed by atoms with E-state index in [4.69, 9.17) is 21.0 Å². The Labute approximate surface area is 210 Å². The molecule has 0 saturated carbocycles. The maximum absolute atomic E-state index is 13.6. The molecule has 0 radical (unpaired) electrons. The van der Waals surface area contributed by atoms with Crippen LogP contribution in [0.15, 0.2) is 87.1 Å². The molecule has 3 aromatic heterocycles. The first-order valence-corrected chi connectivity index (χ1v) is 11.6. The minimum absolute atomic E-state index is 0.213. The molecule has 7 nitrogen and oxygen atoms in total. The van der Waals surface area contributed by atoms with Crippen LogP contribution in [-0.4, -0.2) is 20.4 Å². The summed E-state index contributed by atoms with van der Waals surface area (Å²) >= 11 is 6.15. The van der Waals surface area contributed by atoms with Crippen molar-refractivity contribution in [3.05, 3.63) is 99.4 Å². The van der Waals surface area contributed by atoms with Crippen molar-refractivity contribution in [3.63, 3.8) is 0 Å². The van der Waals surface area contributed by atoms with Crippen molar-refractivity contribution in [2.45, 2.75) is 13.5 Å². The van der Waals surface area contributed by atoms with Gasteiger partial charge in [-0.05, 0) is 49.4 Å². The van der Waals surface area contributed by atoms with Gasteiger partial charge in [0.15, 0.2) is 5.76 Å². The Hall–Kier alpha value is -4.67. The highest BCUT2D eigenvalue weighted by Gasteiger charge is 2.18. The average molecular weight is 492 g/mol. The number of furan rings is 1. The van der Waals surface area contributed by atoms with Gasteiger partial charge in [0, 0.05) is 32.6 Å². The minimum atomic E-state index is -0.316. The molecule has 0 fully saturated rings. The topological polar surface area (TPSA) is 89.1 Å². The molecule has 3 aromatic carbocycles. The Kier molecular flexibility index (Phi) is 5.17. The van der Waals surface area contributed by atoms with Crippen LogP contribution < -0.4 is 5.56 Å². The van der Waals surface area contributed by atoms with Gasteiger partial charge in [-0.25, -0.2) is 4.98 Å². The monoisotopic (exact) mass is 491 g/mol. The van der Waals surface area contributed by atoms with Crippen LogP contribution in [0.2, 0.25) is 5.02 Å². The molecule has 0 spiro atoms. The van der Waals surface area contributed by atoms with Gasteiger partial charge >= 0.3 is 0 Å². The van der Waals surface area contributed by atoms with Gasteiger partial charge in [-0.2, -0.15) is 15.0 Å². The molecule has 36 heavy (non-hydrogen) atoms. The molecule has 6 aromatic rings. The van der Waals surface area contributed by atoms with Crippen LogP contribution in [0.5, 0.6) is 0 Å². The number of rotatable bonds is 4. The summed E-state index contributed by atoms with van der Waals surface area (Å²) in [5.41, 5.74) is 3.48. The smallest absolute Gasteiger partial charge is 0.282 e. The van der Waals surface area contributed by atoms with Crippen molar-refractivity contribution in [3.8, 4) is 17.7 Å². The molecule has 0 saturated heterocycles. The normalized spacial score (nSPS) is 11.7. The van der Waals surface area contributed by atoms with Crippen LogP contribution >= 0.6 is 11.6 Å². The van der Waals surface area contributed by atoms with Crippen molar-refractivity contribution in [1.29, 1.82) is 5.26 Å². The van der Waals surface area contributed by atoms with Gasteiger partial charge in [-0.1, -0.05) is 41.9 Å². The minimum Gasteiger partial charge on any atom is -0.453 e. The fourth-order valence-corrected chi connectivity index (χ4v) is 4.71. The zero-order valence-electron chi connectivity index (χ0n) is 19.1. The molecule has 3 heterocycles. The number of hydrogen-bond acceptors (Lipinski definition) is 5. The zero-order valence-corrected chi connectivity index (χ0v) is 19.9. The predicted octanol–water partition coefficient (Wildman–Crippen LogP) is 6.13. The summed E-state index contributed by atoms with van der Waals surface area (Å²) in [6.07, 6.45) is 1.65. The summed E-state index contributed by atoms with van der Waals surface area (Å²) in [6.45, 7) is 2.15. The van der Waals surface area contributed by atoms with Gasteiger partial charge in [0.1, 0.15) is 12.1 Å². The van der Waals surface area contributed by atoms with E-state index in [0.717, 1.165) is 27.5 Å². The van der Waals surface area contributed by atoms with E-state index in [0.29, 0.717) is 27.3 Å². The first kappa shape index (κ1) is 21.8. The number of para-hydroxylation sites is 2. The zero-order chi connectivity index (χ0) is 24.8. The number of hydrogen-bond donors (Lipinski definition) is 0. The third-order valence-electron chi connectivity index (χ3n) is 6.26. The molecule has 0 bridgehead atoms. The quantitative estimate of drug-likeness (QED) is 0.277. The summed E-state index contributed by atoms with van der Waals surface area (Å²) in [5.74, 6) is 0.677. The number of benzene rings is 3. The number of halogens is 1. The largest absolute Gasteiger partial charge is 0.453 e. The number of nitriles is 1. The van der Waals surface area contributed by atoms with Gasteiger partial charge in [0.05, 0.1) is 23.2 Å². The summed E-state index contributed by atoms with van der Waals surface area (Å²) in [6, 6.07) is 24.3. The van der Waals surface area contributed by atoms with Gasteiger partial charge < -0.3 is 8.98 Å². The van der Waals surface area contributed by atoms with Crippen molar-refractivity contribution >= 4 is 50.6 Å². The average Bonchev–Trinajstić information content (AvgIpc) is 3.42. The molecule has 6 rings (SSSR count). The number of aromatic nitrogens is 3. The van der Waals surface area contributed by atoms with E-state index in [1.165, 1.54) is 4.68 Å². The highest BCUT2D eigenvalue weighted by Crippen LogP contribution is 2.29. The maximum atomic E-state index is 13.6. The van der Waals surface area contributed by atoms with Crippen LogP contribution in [0.3, 0.4) is 0 Å². The van der Waals surface area contributed by atoms with Gasteiger partial charge in [0.25, 0.3) is 5.56 Å². The number of fused-ring (bicyclic) bond motifs is 3. The second-order valence-electron chi connectivity index (χ2n) is 8.37. The third kappa shape index (κ3) is 3.47. The highest BCUT2D eigenvalue weighted by atomic mass is 35.5. The van der Waals surface area contributed by atoms with Crippen LogP contribution in [0.25, 0.3) is 44.4 Å². The van der Waals surface area contributed by atoms with Crippen molar-refractivity contribution in [2.24, 2.45) is 5.10 Å². The van der Waals surface area contributed by atoms with Gasteiger partial charge in [-0.15, -0.1) is 0 Å². The molecule has 0 aliphatic rings. The van der Waals surface area contributed by atoms with E-state index in [9.17, 15) is 10.1 Å². The molecule has 0 N–H and O–H groups in total. The van der Waals surface area contributed by atoms with E-state index in [1.54, 1.807) is 48.7 Å². The Morgan fingerprint density at radius 3 is 2.69 bits per heavy atom. The van der Waals surface area contributed by atoms with Crippen LogP contribution in [-0.2, 0) is 6.54 Å². The van der Waals surface area contributed by atoms with Gasteiger partial charge in [-0.3, -0.25) is 4.79 Å². The summed E-state index contributed by atoms with van der Waals surface area (Å²) in [7, 11) is 0. The van der Waals surface area contributed by atoms with Crippen LogP contribution in [0, 0.1) is 18.3 Å². The van der Waals surface area contributed by atoms with Crippen molar-refractivity contribution < 1.29 is 4.42 Å². The summed E-state index contributed by atoms with van der Waals surface area (Å²) in [4.78, 5) is 18.3. The fourth-order valence-electron chi connectivity index (χ4n) is 4.53. The first-order valence-electron chi connectivity index (χ1n) is 11.3. The number of nitrogens with zero attached hydrogens (tertiary/aromatic N) is 5. The molecule has 0 amide bonds. The Morgan fingerprint density at radius 1 is 1.08 bits per heavy atom. The van der Waals surface area contributed by atoms with Crippen molar-refractivity contribution in [1.82, 2.24) is 14.2 Å². The molecule has 0 atom stereocenters. The third-order valence-corrected chi connectivity index (χ3v) is 6.50. The van der Waals surface area contributed by atoms with E-state index < -0.39 is 0 Å². The second kappa shape index (κ2) is 8.52. The van der Waals surface area contributed by atoms with Crippen LogP contribution in [0.4, 0.5) is 0 Å². The van der Waals surface area contributed by atoms with E-state index in [-0.39, 0.29) is 17.9 Å². The highest BCUT2D eigenvalue weighted by molar-refractivity contribution is 6.31. The Balaban J connectivity index is 1.59. The second-order valence-corrected chi connectivity index (χ2v) is 8.80. The van der Waals surface area contributed by atoms with Gasteiger partial charge in [0.2, 0.25) is 5.82 Å². The van der Waals surface area contributed by atoms with E-state index in [2.05, 4.69) is 11.2 Å². The molecule has 174 valence electrons. The maximum Gasteiger partial charge on any atom is 0.282 e. The van der Waals surface area contributed by atoms with Crippen molar-refractivity contribution in [2.75, 3.05) is 0 Å². The SMILES string of the molecule is Cc1c(C=Nn2c(-c3cc4cc(Cl)ccc4o3)nc3ccccc3c2=O)c2ccccc2n1CC#N. The Bertz CT molecular complexity index is 1940. The lowest BCUT2D eigenvalue weighted by Gasteiger charge is -2.07. The summed E-state index contributed by atoms with van der Waals surface area (Å²) in [5, 5.41) is 16.7. The fraction of sp³-hybridized carbons (Fsp3) is 0.0714. The first-order chi connectivity index (χ1) is 17.5. The molecule has 8 heteroatoms. The molecular formula is C28H18ClN5O2. The molecular weight excluding hydrogens is 474 g/mol. The lowest BCUT2D eigenvalue weighted by Crippen LogP contribution is -2.20. The molecule has 0 aliphatic heterocycles. The lowest BCUT2D eigenvalue weighted by atomic mass is 10.1. The lowest BCUT2D eigenvalue weighted by molar-refractivity contribution is 0.616. The molecule has 0 aliphatic carbocycles. The standard InChI is InChI=1S/C28H18ClN5O2/c1-17-22(20-6-3-5-9-24(20)33(17)13-12-30)16-31-34-27(32-23-8-4-2-7-21(23)28(34)35)26-15-18-14-19(29)10-11-25(18)36-26/h2-11,14-16H,13H2,1H3. The Morgan fingerprint density at radius 2 is 1.86 bits per heavy atom. The molecule has 0 unspecified atom stereocenters. The van der Waals surface area contributed by atoms with E-state index >= 15 is 0 Å².